The molecule has 4 aromatic rings. The van der Waals surface area contributed by atoms with Gasteiger partial charge in [0.15, 0.2) is 0 Å². The number of aromatic nitrogens is 1. The Morgan fingerprint density at radius 3 is 2.18 bits per heavy atom. The molecule has 3 aromatic carbocycles. The number of ether oxygens (including phenoxy) is 1. The number of benzene rings is 3. The first-order valence-electron chi connectivity index (χ1n) is 9.29. The van der Waals surface area contributed by atoms with Gasteiger partial charge in [0.25, 0.3) is 0 Å². The second-order valence-corrected chi connectivity index (χ2v) is 6.52. The molecule has 1 aromatic heterocycles. The molecule has 4 rings (SSSR count). The number of para-hydroxylation sites is 1. The Kier molecular flexibility index (Phi) is 5.30. The Morgan fingerprint density at radius 1 is 0.750 bits per heavy atom. The molecule has 0 atom stereocenters. The van der Waals surface area contributed by atoms with E-state index in [1.165, 1.54) is 0 Å². The maximum Gasteiger partial charge on any atom is 0.137 e. The van der Waals surface area contributed by atoms with E-state index in [9.17, 15) is 0 Å². The van der Waals surface area contributed by atoms with E-state index in [0.29, 0.717) is 6.61 Å². The molecule has 28 heavy (non-hydrogen) atoms. The zero-order chi connectivity index (χ0) is 19.2. The molecular formula is C26H21NO. The van der Waals surface area contributed by atoms with Crippen molar-refractivity contribution in [1.82, 2.24) is 4.98 Å². The summed E-state index contributed by atoms with van der Waals surface area (Å²) in [5.41, 5.74) is 5.95. The van der Waals surface area contributed by atoms with Crippen LogP contribution in [0, 0.1) is 0 Å². The van der Waals surface area contributed by atoms with Crippen molar-refractivity contribution >= 4 is 5.57 Å². The minimum absolute atomic E-state index is 0.486. The van der Waals surface area contributed by atoms with E-state index in [0.717, 1.165) is 39.3 Å². The summed E-state index contributed by atoms with van der Waals surface area (Å²) >= 11 is 0. The highest BCUT2D eigenvalue weighted by Gasteiger charge is 2.16. The summed E-state index contributed by atoms with van der Waals surface area (Å²) in [6, 6.07) is 32.4. The van der Waals surface area contributed by atoms with Gasteiger partial charge in [0.1, 0.15) is 12.4 Å². The van der Waals surface area contributed by atoms with Crippen LogP contribution in [0.4, 0.5) is 0 Å². The van der Waals surface area contributed by atoms with Crippen LogP contribution in [0.5, 0.6) is 5.75 Å². The van der Waals surface area contributed by atoms with E-state index in [1.807, 2.05) is 66.7 Å². The van der Waals surface area contributed by atoms with Gasteiger partial charge in [-0.2, -0.15) is 0 Å². The van der Waals surface area contributed by atoms with Crippen LogP contribution in [0.3, 0.4) is 0 Å². The lowest BCUT2D eigenvalue weighted by Crippen LogP contribution is -2.01. The Bertz CT molecular complexity index is 1060. The molecule has 0 aliphatic rings. The summed E-state index contributed by atoms with van der Waals surface area (Å²) in [6.07, 6.45) is 1.80. The standard InChI is InChI=1S/C26H21NO/c1-20(22-13-6-3-7-14-22)23-15-10-16-24(25-17-8-9-18-27-25)26(23)28-19-21-11-4-2-5-12-21/h2-18H,1,19H2. The molecule has 0 spiro atoms. The van der Waals surface area contributed by atoms with Crippen molar-refractivity contribution in [1.29, 1.82) is 0 Å². The van der Waals surface area contributed by atoms with Crippen LogP contribution in [0.15, 0.2) is 110 Å². The number of rotatable bonds is 6. The minimum atomic E-state index is 0.486. The van der Waals surface area contributed by atoms with Gasteiger partial charge >= 0.3 is 0 Å². The highest BCUT2D eigenvalue weighted by atomic mass is 16.5. The van der Waals surface area contributed by atoms with Crippen LogP contribution in [0.2, 0.25) is 0 Å². The lowest BCUT2D eigenvalue weighted by atomic mass is 9.95. The van der Waals surface area contributed by atoms with Crippen LogP contribution < -0.4 is 4.74 Å². The van der Waals surface area contributed by atoms with E-state index in [1.54, 1.807) is 6.20 Å². The Morgan fingerprint density at radius 2 is 1.46 bits per heavy atom. The smallest absolute Gasteiger partial charge is 0.137 e. The van der Waals surface area contributed by atoms with Crippen LogP contribution >= 0.6 is 0 Å². The molecule has 136 valence electrons. The van der Waals surface area contributed by atoms with Crippen molar-refractivity contribution < 1.29 is 4.74 Å². The van der Waals surface area contributed by atoms with Gasteiger partial charge in [0.05, 0.1) is 5.69 Å². The molecule has 0 saturated heterocycles. The van der Waals surface area contributed by atoms with Gasteiger partial charge in [-0.3, -0.25) is 4.98 Å². The third-order valence-corrected chi connectivity index (χ3v) is 4.63. The van der Waals surface area contributed by atoms with Gasteiger partial charge in [-0.1, -0.05) is 85.4 Å². The second-order valence-electron chi connectivity index (χ2n) is 6.52. The van der Waals surface area contributed by atoms with Crippen LogP contribution in [-0.2, 0) is 6.61 Å². The van der Waals surface area contributed by atoms with E-state index in [-0.39, 0.29) is 0 Å². The maximum absolute atomic E-state index is 6.35. The molecular weight excluding hydrogens is 342 g/mol. The normalized spacial score (nSPS) is 10.4. The van der Waals surface area contributed by atoms with Gasteiger partial charge in [-0.25, -0.2) is 0 Å². The van der Waals surface area contributed by atoms with Crippen molar-refractivity contribution in [2.45, 2.75) is 6.61 Å². The zero-order valence-electron chi connectivity index (χ0n) is 15.6. The number of hydrogen-bond donors (Lipinski definition) is 0. The highest BCUT2D eigenvalue weighted by Crippen LogP contribution is 2.38. The van der Waals surface area contributed by atoms with Gasteiger partial charge in [-0.05, 0) is 34.9 Å². The highest BCUT2D eigenvalue weighted by molar-refractivity contribution is 5.85. The lowest BCUT2D eigenvalue weighted by molar-refractivity contribution is 0.306. The number of hydrogen-bond acceptors (Lipinski definition) is 2. The number of nitrogens with zero attached hydrogens (tertiary/aromatic N) is 1. The SMILES string of the molecule is C=C(c1ccccc1)c1cccc(-c2ccccn2)c1OCc1ccccc1. The molecule has 0 aliphatic carbocycles. The molecule has 1 heterocycles. The molecule has 2 nitrogen and oxygen atoms in total. The van der Waals surface area contributed by atoms with Crippen molar-refractivity contribution in [2.75, 3.05) is 0 Å². The summed E-state index contributed by atoms with van der Waals surface area (Å²) in [5, 5.41) is 0. The summed E-state index contributed by atoms with van der Waals surface area (Å²) in [4.78, 5) is 4.53. The van der Waals surface area contributed by atoms with Crippen molar-refractivity contribution in [3.8, 4) is 17.0 Å². The van der Waals surface area contributed by atoms with Crippen molar-refractivity contribution in [2.24, 2.45) is 0 Å². The second kappa shape index (κ2) is 8.36. The molecule has 0 unspecified atom stereocenters. The van der Waals surface area contributed by atoms with Gasteiger partial charge in [0.2, 0.25) is 0 Å². The molecule has 2 heteroatoms. The first-order valence-corrected chi connectivity index (χ1v) is 9.29. The Hall–Kier alpha value is -3.65. The van der Waals surface area contributed by atoms with Gasteiger partial charge in [0, 0.05) is 17.3 Å². The minimum Gasteiger partial charge on any atom is -0.488 e. The third kappa shape index (κ3) is 3.86. The third-order valence-electron chi connectivity index (χ3n) is 4.63. The average Bonchev–Trinajstić information content (AvgIpc) is 2.79. The van der Waals surface area contributed by atoms with E-state index >= 15 is 0 Å². The summed E-state index contributed by atoms with van der Waals surface area (Å²) in [5.74, 6) is 0.805. The first-order chi connectivity index (χ1) is 13.8. The predicted octanol–water partition coefficient (Wildman–Crippen LogP) is 6.39. The topological polar surface area (TPSA) is 22.1 Å². The molecule has 0 amide bonds. The van der Waals surface area contributed by atoms with E-state index in [2.05, 4.69) is 41.9 Å². The molecule has 0 aliphatic heterocycles. The average molecular weight is 363 g/mol. The Balaban J connectivity index is 1.78. The first kappa shape index (κ1) is 17.7. The zero-order valence-corrected chi connectivity index (χ0v) is 15.6. The summed E-state index contributed by atoms with van der Waals surface area (Å²) in [7, 11) is 0. The summed E-state index contributed by atoms with van der Waals surface area (Å²) < 4.78 is 6.35. The molecule has 0 fully saturated rings. The van der Waals surface area contributed by atoms with Crippen LogP contribution in [-0.4, -0.2) is 4.98 Å². The monoisotopic (exact) mass is 363 g/mol. The van der Waals surface area contributed by atoms with Gasteiger partial charge in [-0.15, -0.1) is 0 Å². The predicted molar refractivity (Wildman–Crippen MR) is 115 cm³/mol. The maximum atomic E-state index is 6.35. The fraction of sp³-hybridized carbons (Fsp3) is 0.0385. The molecule has 0 saturated carbocycles. The Labute approximate surface area is 165 Å². The lowest BCUT2D eigenvalue weighted by Gasteiger charge is -2.17. The van der Waals surface area contributed by atoms with Gasteiger partial charge < -0.3 is 4.74 Å². The largest absolute Gasteiger partial charge is 0.488 e. The molecule has 0 N–H and O–H groups in total. The van der Waals surface area contributed by atoms with Crippen molar-refractivity contribution in [3.63, 3.8) is 0 Å². The fourth-order valence-corrected chi connectivity index (χ4v) is 3.18. The number of pyridine rings is 1. The quantitative estimate of drug-likeness (QED) is 0.396. The van der Waals surface area contributed by atoms with Crippen LogP contribution in [0.25, 0.3) is 16.8 Å². The molecule has 0 bridgehead atoms. The van der Waals surface area contributed by atoms with E-state index in [4.69, 9.17) is 4.74 Å². The summed E-state index contributed by atoms with van der Waals surface area (Å²) in [6.45, 7) is 4.83. The molecule has 0 radical (unpaired) electrons. The fourth-order valence-electron chi connectivity index (χ4n) is 3.18. The van der Waals surface area contributed by atoms with Crippen LogP contribution in [0.1, 0.15) is 16.7 Å². The van der Waals surface area contributed by atoms with Crippen molar-refractivity contribution in [3.05, 3.63) is 127 Å². The van der Waals surface area contributed by atoms with E-state index < -0.39 is 0 Å².